The molecular weight excluding hydrogens is 412 g/mol. The number of rotatable bonds is 22. The van der Waals surface area contributed by atoms with Crippen LogP contribution in [-0.4, -0.2) is 29.2 Å². The van der Waals surface area contributed by atoms with Crippen molar-refractivity contribution in [3.8, 4) is 0 Å². The minimum atomic E-state index is -0.392. The first kappa shape index (κ1) is 29.8. The molecule has 0 aromatic carbocycles. The van der Waals surface area contributed by atoms with Crippen LogP contribution in [0, 0.1) is 5.92 Å². The molecule has 0 spiro atoms. The fourth-order valence-electron chi connectivity index (χ4n) is 4.85. The van der Waals surface area contributed by atoms with Crippen LogP contribution in [0.5, 0.6) is 0 Å². The zero-order chi connectivity index (χ0) is 24.2. The Balaban J connectivity index is 1.84. The molecule has 0 saturated carbocycles. The summed E-state index contributed by atoms with van der Waals surface area (Å²) in [4.78, 5) is 37.3. The predicted molar refractivity (Wildman–Crippen MR) is 137 cm³/mol. The molecular formula is C28H52N2O3. The van der Waals surface area contributed by atoms with Crippen molar-refractivity contribution in [2.75, 3.05) is 6.54 Å². The summed E-state index contributed by atoms with van der Waals surface area (Å²) in [5.41, 5.74) is 5.48. The van der Waals surface area contributed by atoms with Crippen LogP contribution in [0.4, 0.5) is 0 Å². The summed E-state index contributed by atoms with van der Waals surface area (Å²) in [5, 5.41) is 0. The molecule has 0 aromatic rings. The van der Waals surface area contributed by atoms with Crippen LogP contribution < -0.4 is 5.73 Å². The number of nitrogens with two attached hydrogens (primary N) is 1. The highest BCUT2D eigenvalue weighted by Gasteiger charge is 2.41. The molecule has 1 unspecified atom stereocenters. The third-order valence-corrected chi connectivity index (χ3v) is 7.00. The van der Waals surface area contributed by atoms with Crippen LogP contribution >= 0.6 is 0 Å². The number of imide groups is 3. The van der Waals surface area contributed by atoms with Gasteiger partial charge in [0.15, 0.2) is 0 Å². The summed E-state index contributed by atoms with van der Waals surface area (Å²) in [6.07, 6.45) is 25.8. The van der Waals surface area contributed by atoms with Crippen molar-refractivity contribution in [2.45, 2.75) is 148 Å². The summed E-state index contributed by atoms with van der Waals surface area (Å²) in [5.74, 6) is -1.40. The lowest BCUT2D eigenvalue weighted by Crippen LogP contribution is -2.36. The van der Waals surface area contributed by atoms with Gasteiger partial charge in [0.1, 0.15) is 0 Å². The lowest BCUT2D eigenvalue weighted by molar-refractivity contribution is -0.150. The molecule has 0 aromatic heterocycles. The summed E-state index contributed by atoms with van der Waals surface area (Å²) >= 11 is 0. The second kappa shape index (κ2) is 20.2. The molecule has 1 aliphatic heterocycles. The van der Waals surface area contributed by atoms with Crippen LogP contribution in [0.2, 0.25) is 0 Å². The Labute approximate surface area is 203 Å². The Morgan fingerprint density at radius 1 is 0.727 bits per heavy atom. The van der Waals surface area contributed by atoms with E-state index < -0.39 is 5.92 Å². The molecule has 1 fully saturated rings. The SMILES string of the molecule is CCCCCCCCCCCCCCCCCCCCCC(=O)N1C(=O)CC(CCN)C1=O. The predicted octanol–water partition coefficient (Wildman–Crippen LogP) is 7.06. The quantitative estimate of drug-likeness (QED) is 0.137. The lowest BCUT2D eigenvalue weighted by Gasteiger charge is -2.12. The molecule has 0 radical (unpaired) electrons. The van der Waals surface area contributed by atoms with Crippen LogP contribution in [0.3, 0.4) is 0 Å². The van der Waals surface area contributed by atoms with E-state index >= 15 is 0 Å². The van der Waals surface area contributed by atoms with Crippen molar-refractivity contribution in [1.29, 1.82) is 0 Å². The van der Waals surface area contributed by atoms with E-state index in [1.807, 2.05) is 0 Å². The van der Waals surface area contributed by atoms with E-state index in [4.69, 9.17) is 5.73 Å². The normalized spacial score (nSPS) is 16.2. The van der Waals surface area contributed by atoms with E-state index in [9.17, 15) is 14.4 Å². The molecule has 1 saturated heterocycles. The van der Waals surface area contributed by atoms with Crippen molar-refractivity contribution < 1.29 is 14.4 Å². The topological polar surface area (TPSA) is 80.5 Å². The van der Waals surface area contributed by atoms with Gasteiger partial charge in [0.25, 0.3) is 0 Å². The number of amides is 3. The van der Waals surface area contributed by atoms with Crippen molar-refractivity contribution in [2.24, 2.45) is 11.7 Å². The molecule has 33 heavy (non-hydrogen) atoms. The molecule has 5 nitrogen and oxygen atoms in total. The lowest BCUT2D eigenvalue weighted by atomic mass is 10.0. The Bertz CT molecular complexity index is 535. The smallest absolute Gasteiger partial charge is 0.239 e. The average Bonchev–Trinajstić information content (AvgIpc) is 3.08. The Kier molecular flexibility index (Phi) is 18.2. The van der Waals surface area contributed by atoms with Gasteiger partial charge in [0.2, 0.25) is 17.7 Å². The van der Waals surface area contributed by atoms with E-state index in [1.165, 1.54) is 103 Å². The van der Waals surface area contributed by atoms with Gasteiger partial charge in [-0.25, -0.2) is 4.90 Å². The number of unbranched alkanes of at least 4 members (excludes halogenated alkanes) is 18. The van der Waals surface area contributed by atoms with Crippen LogP contribution in [0.1, 0.15) is 148 Å². The first-order valence-corrected chi connectivity index (χ1v) is 14.2. The van der Waals surface area contributed by atoms with Gasteiger partial charge in [-0.1, -0.05) is 122 Å². The summed E-state index contributed by atoms with van der Waals surface area (Å²) in [7, 11) is 0. The molecule has 3 amide bonds. The van der Waals surface area contributed by atoms with Crippen molar-refractivity contribution in [3.63, 3.8) is 0 Å². The van der Waals surface area contributed by atoms with Crippen LogP contribution in [-0.2, 0) is 14.4 Å². The third kappa shape index (κ3) is 13.9. The highest BCUT2D eigenvalue weighted by Crippen LogP contribution is 2.23. The molecule has 0 bridgehead atoms. The van der Waals surface area contributed by atoms with E-state index in [0.717, 1.165) is 24.2 Å². The van der Waals surface area contributed by atoms with E-state index in [0.29, 0.717) is 19.4 Å². The Hall–Kier alpha value is -1.23. The van der Waals surface area contributed by atoms with E-state index in [1.54, 1.807) is 0 Å². The Morgan fingerprint density at radius 3 is 1.52 bits per heavy atom. The highest BCUT2D eigenvalue weighted by atomic mass is 16.2. The second-order valence-corrected chi connectivity index (χ2v) is 10.1. The number of hydrogen-bond acceptors (Lipinski definition) is 4. The monoisotopic (exact) mass is 464 g/mol. The van der Waals surface area contributed by atoms with Gasteiger partial charge in [-0.15, -0.1) is 0 Å². The summed E-state index contributed by atoms with van der Waals surface area (Å²) in [6.45, 7) is 2.64. The third-order valence-electron chi connectivity index (χ3n) is 7.00. The van der Waals surface area contributed by atoms with E-state index in [-0.39, 0.29) is 24.1 Å². The molecule has 1 rings (SSSR count). The number of carbonyl (C=O) groups is 3. The molecule has 1 atom stereocenters. The maximum Gasteiger partial charge on any atom is 0.239 e. The average molecular weight is 465 g/mol. The fourth-order valence-corrected chi connectivity index (χ4v) is 4.85. The van der Waals surface area contributed by atoms with Gasteiger partial charge < -0.3 is 5.73 Å². The van der Waals surface area contributed by atoms with E-state index in [2.05, 4.69) is 6.92 Å². The number of likely N-dealkylation sites (tertiary alicyclic amines) is 1. The van der Waals surface area contributed by atoms with Gasteiger partial charge in [-0.2, -0.15) is 0 Å². The first-order valence-electron chi connectivity index (χ1n) is 14.2. The molecule has 192 valence electrons. The molecule has 2 N–H and O–H groups in total. The largest absolute Gasteiger partial charge is 0.330 e. The van der Waals surface area contributed by atoms with Crippen LogP contribution in [0.25, 0.3) is 0 Å². The minimum Gasteiger partial charge on any atom is -0.330 e. The minimum absolute atomic E-state index is 0.140. The second-order valence-electron chi connectivity index (χ2n) is 10.1. The molecule has 0 aliphatic carbocycles. The first-order chi connectivity index (χ1) is 16.1. The van der Waals surface area contributed by atoms with Crippen molar-refractivity contribution in [1.82, 2.24) is 4.90 Å². The fraction of sp³-hybridized carbons (Fsp3) is 0.893. The van der Waals surface area contributed by atoms with Gasteiger partial charge in [-0.05, 0) is 19.4 Å². The van der Waals surface area contributed by atoms with Gasteiger partial charge >= 0.3 is 0 Å². The molecule has 1 heterocycles. The highest BCUT2D eigenvalue weighted by molar-refractivity contribution is 6.15. The standard InChI is InChI=1S/C28H52N2O3/c1-2-3-4-5-6-7-8-9-10-11-12-13-14-15-16-17-18-19-20-21-26(31)30-27(32)24-25(22-23-29)28(30)33/h25H,2-24,29H2,1H3. The zero-order valence-corrected chi connectivity index (χ0v) is 21.6. The number of nitrogens with zero attached hydrogens (tertiary/aromatic N) is 1. The zero-order valence-electron chi connectivity index (χ0n) is 21.6. The Morgan fingerprint density at radius 2 is 1.12 bits per heavy atom. The maximum absolute atomic E-state index is 12.3. The molecule has 1 aliphatic rings. The van der Waals surface area contributed by atoms with Crippen molar-refractivity contribution >= 4 is 17.7 Å². The number of carbonyl (C=O) groups excluding carboxylic acids is 3. The summed E-state index contributed by atoms with van der Waals surface area (Å²) in [6, 6.07) is 0. The summed E-state index contributed by atoms with van der Waals surface area (Å²) < 4.78 is 0. The van der Waals surface area contributed by atoms with Gasteiger partial charge in [0.05, 0.1) is 0 Å². The van der Waals surface area contributed by atoms with Gasteiger partial charge in [0, 0.05) is 18.8 Å². The van der Waals surface area contributed by atoms with Gasteiger partial charge in [-0.3, -0.25) is 14.4 Å². The van der Waals surface area contributed by atoms with Crippen LogP contribution in [0.15, 0.2) is 0 Å². The number of hydrogen-bond donors (Lipinski definition) is 1. The maximum atomic E-state index is 12.3. The van der Waals surface area contributed by atoms with Crippen molar-refractivity contribution in [3.05, 3.63) is 0 Å². The molecule has 5 heteroatoms.